The SMILES string of the molecule is CCOC(=C=O)CNCc1ccc(C(=O)Nc2ccccc2NC(=O)OC(C)(C)C)nc1. The molecular weight excluding hydrogens is 412 g/mol. The molecule has 2 aromatic rings. The summed E-state index contributed by atoms with van der Waals surface area (Å²) in [4.78, 5) is 39.6. The Kier molecular flexibility index (Phi) is 8.95. The highest BCUT2D eigenvalue weighted by molar-refractivity contribution is 6.05. The zero-order valence-electron chi connectivity index (χ0n) is 18.7. The van der Waals surface area contributed by atoms with Crippen LogP contribution >= 0.6 is 0 Å². The number of carbonyl (C=O) groups excluding carboxylic acids is 3. The molecule has 0 fully saturated rings. The summed E-state index contributed by atoms with van der Waals surface area (Å²) < 4.78 is 10.4. The summed E-state index contributed by atoms with van der Waals surface area (Å²) in [6.07, 6.45) is 0.948. The van der Waals surface area contributed by atoms with Crippen molar-refractivity contribution in [2.24, 2.45) is 0 Å². The lowest BCUT2D eigenvalue weighted by molar-refractivity contribution is 0.0635. The molecule has 0 unspecified atom stereocenters. The summed E-state index contributed by atoms with van der Waals surface area (Å²) in [7, 11) is 0. The lowest BCUT2D eigenvalue weighted by Crippen LogP contribution is -2.27. The van der Waals surface area contributed by atoms with Gasteiger partial charge in [-0.3, -0.25) is 15.1 Å². The molecule has 2 amide bonds. The number of amides is 2. The molecule has 32 heavy (non-hydrogen) atoms. The summed E-state index contributed by atoms with van der Waals surface area (Å²) in [5, 5.41) is 8.43. The van der Waals surface area contributed by atoms with Gasteiger partial charge < -0.3 is 20.1 Å². The van der Waals surface area contributed by atoms with Crippen LogP contribution in [0.25, 0.3) is 0 Å². The maximum absolute atomic E-state index is 12.6. The van der Waals surface area contributed by atoms with Crippen molar-refractivity contribution >= 4 is 29.3 Å². The number of carbonyl (C=O) groups is 2. The van der Waals surface area contributed by atoms with E-state index in [1.807, 2.05) is 0 Å². The van der Waals surface area contributed by atoms with Gasteiger partial charge in [0, 0.05) is 12.7 Å². The number of benzene rings is 1. The molecule has 9 heteroatoms. The van der Waals surface area contributed by atoms with Crippen molar-refractivity contribution in [3.05, 3.63) is 59.6 Å². The van der Waals surface area contributed by atoms with Gasteiger partial charge in [-0.1, -0.05) is 18.2 Å². The summed E-state index contributed by atoms with van der Waals surface area (Å²) in [6.45, 7) is 8.17. The lowest BCUT2D eigenvalue weighted by atomic mass is 10.2. The molecule has 0 aliphatic rings. The Hall–Kier alpha value is -3.68. The molecule has 0 atom stereocenters. The zero-order valence-corrected chi connectivity index (χ0v) is 18.7. The van der Waals surface area contributed by atoms with E-state index in [0.717, 1.165) is 5.56 Å². The van der Waals surface area contributed by atoms with Crippen LogP contribution < -0.4 is 16.0 Å². The minimum atomic E-state index is -0.642. The normalized spacial score (nSPS) is 10.6. The molecule has 0 spiro atoms. The molecule has 0 radical (unpaired) electrons. The molecule has 0 saturated heterocycles. The van der Waals surface area contributed by atoms with E-state index < -0.39 is 17.6 Å². The van der Waals surface area contributed by atoms with Gasteiger partial charge in [-0.25, -0.2) is 9.59 Å². The molecular formula is C23H28N4O5. The first-order valence-electron chi connectivity index (χ1n) is 10.1. The quantitative estimate of drug-likeness (QED) is 0.403. The fraction of sp³-hybridized carbons (Fsp3) is 0.348. The molecule has 0 aliphatic heterocycles. The average molecular weight is 441 g/mol. The van der Waals surface area contributed by atoms with Crippen LogP contribution in [-0.4, -0.2) is 41.7 Å². The highest BCUT2D eigenvalue weighted by Gasteiger charge is 2.18. The van der Waals surface area contributed by atoms with Crippen LogP contribution in [0.4, 0.5) is 16.2 Å². The van der Waals surface area contributed by atoms with Gasteiger partial charge >= 0.3 is 6.09 Å². The number of pyridine rings is 1. The van der Waals surface area contributed by atoms with Gasteiger partial charge in [0.15, 0.2) is 11.7 Å². The van der Waals surface area contributed by atoms with Crippen LogP contribution in [0.3, 0.4) is 0 Å². The van der Waals surface area contributed by atoms with E-state index in [4.69, 9.17) is 9.47 Å². The number of ether oxygens (including phenoxy) is 2. The third-order valence-electron chi connectivity index (χ3n) is 3.92. The number of nitrogens with zero attached hydrogens (tertiary/aromatic N) is 1. The van der Waals surface area contributed by atoms with Crippen LogP contribution in [-0.2, 0) is 20.8 Å². The fourth-order valence-electron chi connectivity index (χ4n) is 2.58. The number of nitrogens with one attached hydrogen (secondary N) is 3. The Balaban J connectivity index is 1.97. The van der Waals surface area contributed by atoms with Crippen LogP contribution in [0, 0.1) is 0 Å². The fourth-order valence-corrected chi connectivity index (χ4v) is 2.58. The monoisotopic (exact) mass is 440 g/mol. The summed E-state index contributed by atoms with van der Waals surface area (Å²) in [6, 6.07) is 10.1. The number of rotatable bonds is 9. The molecule has 0 aliphatic carbocycles. The Morgan fingerprint density at radius 1 is 1.06 bits per heavy atom. The molecule has 0 saturated carbocycles. The van der Waals surface area contributed by atoms with E-state index in [1.165, 1.54) is 0 Å². The number of anilines is 2. The van der Waals surface area contributed by atoms with Gasteiger partial charge in [-0.2, -0.15) is 0 Å². The predicted octanol–water partition coefficient (Wildman–Crippen LogP) is 3.52. The van der Waals surface area contributed by atoms with E-state index in [9.17, 15) is 14.4 Å². The van der Waals surface area contributed by atoms with Crippen LogP contribution in [0.5, 0.6) is 0 Å². The maximum atomic E-state index is 12.6. The lowest BCUT2D eigenvalue weighted by Gasteiger charge is -2.20. The smallest absolute Gasteiger partial charge is 0.412 e. The third-order valence-corrected chi connectivity index (χ3v) is 3.92. The van der Waals surface area contributed by atoms with Crippen molar-refractivity contribution in [1.29, 1.82) is 0 Å². The maximum Gasteiger partial charge on any atom is 0.412 e. The molecule has 9 nitrogen and oxygen atoms in total. The molecule has 1 heterocycles. The van der Waals surface area contributed by atoms with Gasteiger partial charge in [0.25, 0.3) is 5.91 Å². The molecule has 0 bridgehead atoms. The van der Waals surface area contributed by atoms with Gasteiger partial charge in [-0.05, 0) is 51.5 Å². The largest absolute Gasteiger partial charge is 0.486 e. The summed E-state index contributed by atoms with van der Waals surface area (Å²) >= 11 is 0. The standard InChI is InChI=1S/C23H28N4O5/c1-5-31-17(15-28)14-24-12-16-10-11-20(25-13-16)21(29)26-18-8-6-7-9-19(18)27-22(30)32-23(2,3)4/h6-11,13,24H,5,12,14H2,1-4H3,(H,26,29)(H,27,30). The van der Waals surface area contributed by atoms with E-state index >= 15 is 0 Å². The van der Waals surface area contributed by atoms with Crippen molar-refractivity contribution in [1.82, 2.24) is 10.3 Å². The second kappa shape index (κ2) is 11.6. The van der Waals surface area contributed by atoms with E-state index in [-0.39, 0.29) is 18.0 Å². The van der Waals surface area contributed by atoms with Crippen molar-refractivity contribution in [2.45, 2.75) is 39.8 Å². The number of hydrogen-bond acceptors (Lipinski definition) is 7. The van der Waals surface area contributed by atoms with Crippen LogP contribution in [0.15, 0.2) is 48.4 Å². The van der Waals surface area contributed by atoms with Crippen LogP contribution in [0.2, 0.25) is 0 Å². The van der Waals surface area contributed by atoms with Gasteiger partial charge in [0.2, 0.25) is 0 Å². The topological polar surface area (TPSA) is 119 Å². The Morgan fingerprint density at radius 2 is 1.75 bits per heavy atom. The second-order valence-electron chi connectivity index (χ2n) is 7.74. The first-order valence-corrected chi connectivity index (χ1v) is 10.1. The van der Waals surface area contributed by atoms with E-state index in [2.05, 4.69) is 20.9 Å². The molecule has 2 rings (SSSR count). The zero-order chi connectivity index (χ0) is 23.6. The van der Waals surface area contributed by atoms with Crippen molar-refractivity contribution in [3.8, 4) is 0 Å². The van der Waals surface area contributed by atoms with Crippen molar-refractivity contribution in [2.75, 3.05) is 23.8 Å². The minimum Gasteiger partial charge on any atom is -0.486 e. The van der Waals surface area contributed by atoms with Crippen molar-refractivity contribution < 1.29 is 23.9 Å². The molecule has 1 aromatic heterocycles. The molecule has 170 valence electrons. The van der Waals surface area contributed by atoms with Gasteiger partial charge in [-0.15, -0.1) is 0 Å². The first kappa shape index (κ1) is 24.6. The average Bonchev–Trinajstić information content (AvgIpc) is 2.73. The predicted molar refractivity (Wildman–Crippen MR) is 121 cm³/mol. The molecule has 3 N–H and O–H groups in total. The molecule has 1 aromatic carbocycles. The highest BCUT2D eigenvalue weighted by atomic mass is 16.6. The highest BCUT2D eigenvalue weighted by Crippen LogP contribution is 2.22. The summed E-state index contributed by atoms with van der Waals surface area (Å²) in [5.41, 5.74) is 1.22. The number of aromatic nitrogens is 1. The third kappa shape index (κ3) is 8.22. The van der Waals surface area contributed by atoms with Crippen LogP contribution in [0.1, 0.15) is 43.7 Å². The number of para-hydroxylation sites is 2. The number of hydrogen-bond donors (Lipinski definition) is 3. The van der Waals surface area contributed by atoms with Crippen molar-refractivity contribution in [3.63, 3.8) is 0 Å². The van der Waals surface area contributed by atoms with E-state index in [1.54, 1.807) is 76.2 Å². The Morgan fingerprint density at radius 3 is 2.31 bits per heavy atom. The summed E-state index contributed by atoms with van der Waals surface area (Å²) in [5.74, 6) is 1.52. The van der Waals surface area contributed by atoms with Gasteiger partial charge in [0.1, 0.15) is 11.3 Å². The van der Waals surface area contributed by atoms with E-state index in [0.29, 0.717) is 24.5 Å². The minimum absolute atomic E-state index is 0.204. The van der Waals surface area contributed by atoms with Gasteiger partial charge in [0.05, 0.1) is 24.5 Å². The second-order valence-corrected chi connectivity index (χ2v) is 7.74. The Bertz CT molecular complexity index is 977. The Labute approximate surface area is 187 Å². The first-order chi connectivity index (χ1) is 15.2.